The number of fused-ring (bicyclic) bond motifs is 1. The maximum absolute atomic E-state index is 9.28. The summed E-state index contributed by atoms with van der Waals surface area (Å²) in [6, 6.07) is 12.4. The Kier molecular flexibility index (Phi) is 4.03. The molecule has 1 aromatic heterocycles. The van der Waals surface area contributed by atoms with Crippen LogP contribution in [0.1, 0.15) is 35.9 Å². The number of aromatic nitrogens is 2. The lowest BCUT2D eigenvalue weighted by molar-refractivity contribution is 0.0601. The number of hydrogen-bond acceptors (Lipinski definition) is 3. The lowest BCUT2D eigenvalue weighted by Crippen LogP contribution is -2.16. The number of ether oxygens (including phenoxy) is 1. The van der Waals surface area contributed by atoms with Crippen molar-refractivity contribution in [2.24, 2.45) is 0 Å². The van der Waals surface area contributed by atoms with Crippen LogP contribution in [-0.4, -0.2) is 22.5 Å². The fourth-order valence-electron chi connectivity index (χ4n) is 2.87. The molecular formula is C17H19N3O. The lowest BCUT2D eigenvalue weighted by atomic mass is 10.2. The molecule has 2 aromatic rings. The average molecular weight is 281 g/mol. The minimum Gasteiger partial charge on any atom is -0.377 e. The van der Waals surface area contributed by atoms with Crippen LogP contribution in [0.25, 0.3) is 0 Å². The molecule has 0 spiro atoms. The van der Waals surface area contributed by atoms with Crippen molar-refractivity contribution in [3.63, 3.8) is 0 Å². The van der Waals surface area contributed by atoms with E-state index >= 15 is 0 Å². The molecule has 1 aromatic carbocycles. The Morgan fingerprint density at radius 1 is 1.33 bits per heavy atom. The summed E-state index contributed by atoms with van der Waals surface area (Å²) in [6.45, 7) is 3.61. The van der Waals surface area contributed by atoms with Crippen LogP contribution in [0.15, 0.2) is 30.3 Å². The van der Waals surface area contributed by atoms with E-state index in [0.29, 0.717) is 12.2 Å². The van der Waals surface area contributed by atoms with Crippen LogP contribution in [0.4, 0.5) is 0 Å². The first kappa shape index (κ1) is 13.8. The van der Waals surface area contributed by atoms with E-state index in [1.807, 2.05) is 22.9 Å². The predicted molar refractivity (Wildman–Crippen MR) is 79.9 cm³/mol. The summed E-state index contributed by atoms with van der Waals surface area (Å²) in [4.78, 5) is 0. The third-order valence-electron chi connectivity index (χ3n) is 3.86. The largest absolute Gasteiger partial charge is 0.377 e. The second-order valence-corrected chi connectivity index (χ2v) is 5.43. The van der Waals surface area contributed by atoms with Crippen molar-refractivity contribution in [3.05, 3.63) is 52.8 Å². The Hall–Kier alpha value is -2.12. The van der Waals surface area contributed by atoms with Crippen LogP contribution in [0.3, 0.4) is 0 Å². The first-order valence-electron chi connectivity index (χ1n) is 7.46. The molecule has 108 valence electrons. The molecule has 1 aliphatic rings. The van der Waals surface area contributed by atoms with Gasteiger partial charge in [0.2, 0.25) is 0 Å². The Balaban J connectivity index is 1.83. The second kappa shape index (κ2) is 6.11. The zero-order valence-electron chi connectivity index (χ0n) is 12.2. The van der Waals surface area contributed by atoms with E-state index in [9.17, 15) is 5.26 Å². The van der Waals surface area contributed by atoms with Gasteiger partial charge >= 0.3 is 0 Å². The molecular weight excluding hydrogens is 262 g/mol. The molecule has 21 heavy (non-hydrogen) atoms. The van der Waals surface area contributed by atoms with Gasteiger partial charge in [0.05, 0.1) is 12.6 Å². The van der Waals surface area contributed by atoms with Crippen LogP contribution in [0.2, 0.25) is 0 Å². The molecule has 4 heteroatoms. The fourth-order valence-corrected chi connectivity index (χ4v) is 2.87. The molecule has 1 aliphatic carbocycles. The lowest BCUT2D eigenvalue weighted by Gasteiger charge is -2.11. The molecule has 1 unspecified atom stereocenters. The Bertz CT molecular complexity index is 655. The topological polar surface area (TPSA) is 50.8 Å². The van der Waals surface area contributed by atoms with Gasteiger partial charge in [-0.15, -0.1) is 0 Å². The smallest absolute Gasteiger partial charge is 0.166 e. The zero-order chi connectivity index (χ0) is 14.7. The van der Waals surface area contributed by atoms with E-state index in [-0.39, 0.29) is 6.10 Å². The van der Waals surface area contributed by atoms with E-state index in [4.69, 9.17) is 4.74 Å². The summed E-state index contributed by atoms with van der Waals surface area (Å²) in [5.74, 6) is 0. The molecule has 0 bridgehead atoms. The monoisotopic (exact) mass is 281 g/mol. The molecule has 0 fully saturated rings. The third kappa shape index (κ3) is 2.84. The van der Waals surface area contributed by atoms with Crippen LogP contribution in [-0.2, 0) is 24.1 Å². The van der Waals surface area contributed by atoms with Crippen molar-refractivity contribution in [3.8, 4) is 6.07 Å². The van der Waals surface area contributed by atoms with Gasteiger partial charge in [0.1, 0.15) is 6.07 Å². The Labute approximate surface area is 125 Å². The number of benzene rings is 1. The number of nitriles is 1. The summed E-state index contributed by atoms with van der Waals surface area (Å²) >= 11 is 0. The predicted octanol–water partition coefficient (Wildman–Crippen LogP) is 2.70. The molecule has 0 saturated carbocycles. The summed E-state index contributed by atoms with van der Waals surface area (Å²) < 4.78 is 7.82. The molecule has 3 rings (SSSR count). The highest BCUT2D eigenvalue weighted by Gasteiger charge is 2.29. The van der Waals surface area contributed by atoms with Gasteiger partial charge < -0.3 is 4.74 Å². The van der Waals surface area contributed by atoms with Gasteiger partial charge in [-0.2, -0.15) is 10.4 Å². The standard InChI is InChI=1S/C17H19N3O/c1-2-8-21-14-9-15-16(11-18)19-20(17(15)10-14)12-13-6-4-3-5-7-13/h3-7,14H,2,8-10,12H2,1H3. The average Bonchev–Trinajstić information content (AvgIpc) is 3.06. The Morgan fingerprint density at radius 3 is 2.86 bits per heavy atom. The Morgan fingerprint density at radius 2 is 2.14 bits per heavy atom. The van der Waals surface area contributed by atoms with Crippen molar-refractivity contribution >= 4 is 0 Å². The maximum atomic E-state index is 9.28. The molecule has 0 aliphatic heterocycles. The van der Waals surface area contributed by atoms with Gasteiger partial charge in [-0.25, -0.2) is 0 Å². The van der Waals surface area contributed by atoms with Crippen molar-refractivity contribution in [2.45, 2.75) is 38.8 Å². The minimum atomic E-state index is 0.201. The summed E-state index contributed by atoms with van der Waals surface area (Å²) in [5, 5.41) is 13.7. The van der Waals surface area contributed by atoms with Gasteiger partial charge in [0, 0.05) is 30.7 Å². The van der Waals surface area contributed by atoms with E-state index in [1.54, 1.807) is 0 Å². The molecule has 0 saturated heterocycles. The zero-order valence-corrected chi connectivity index (χ0v) is 12.2. The normalized spacial score (nSPS) is 16.7. The van der Waals surface area contributed by atoms with E-state index in [0.717, 1.165) is 37.1 Å². The van der Waals surface area contributed by atoms with Gasteiger partial charge in [0.25, 0.3) is 0 Å². The molecule has 1 heterocycles. The fraction of sp³-hybridized carbons (Fsp3) is 0.412. The van der Waals surface area contributed by atoms with Crippen LogP contribution in [0, 0.1) is 11.3 Å². The molecule has 0 radical (unpaired) electrons. The summed E-state index contributed by atoms with van der Waals surface area (Å²) in [5.41, 5.74) is 4.00. The molecule has 0 N–H and O–H groups in total. The van der Waals surface area contributed by atoms with Gasteiger partial charge in [-0.05, 0) is 12.0 Å². The van der Waals surface area contributed by atoms with Crippen molar-refractivity contribution in [1.29, 1.82) is 5.26 Å². The van der Waals surface area contributed by atoms with Crippen LogP contribution >= 0.6 is 0 Å². The van der Waals surface area contributed by atoms with Gasteiger partial charge in [-0.1, -0.05) is 37.3 Å². The molecule has 1 atom stereocenters. The summed E-state index contributed by atoms with van der Waals surface area (Å²) in [6.07, 6.45) is 2.89. The van der Waals surface area contributed by atoms with Gasteiger partial charge in [-0.3, -0.25) is 4.68 Å². The minimum absolute atomic E-state index is 0.201. The quantitative estimate of drug-likeness (QED) is 0.846. The highest BCUT2D eigenvalue weighted by atomic mass is 16.5. The highest BCUT2D eigenvalue weighted by molar-refractivity contribution is 5.39. The van der Waals surface area contributed by atoms with Crippen molar-refractivity contribution in [1.82, 2.24) is 9.78 Å². The number of hydrogen-bond donors (Lipinski definition) is 0. The summed E-state index contributed by atoms with van der Waals surface area (Å²) in [7, 11) is 0. The highest BCUT2D eigenvalue weighted by Crippen LogP contribution is 2.27. The van der Waals surface area contributed by atoms with Crippen LogP contribution < -0.4 is 0 Å². The second-order valence-electron chi connectivity index (χ2n) is 5.43. The first-order chi connectivity index (χ1) is 10.3. The van der Waals surface area contributed by atoms with E-state index in [1.165, 1.54) is 5.56 Å². The SMILES string of the molecule is CCCOC1Cc2c(C#N)nn(Cc3ccccc3)c2C1. The van der Waals surface area contributed by atoms with Gasteiger partial charge in [0.15, 0.2) is 5.69 Å². The third-order valence-corrected chi connectivity index (χ3v) is 3.86. The van der Waals surface area contributed by atoms with Crippen molar-refractivity contribution in [2.75, 3.05) is 6.61 Å². The number of nitrogens with zero attached hydrogens (tertiary/aromatic N) is 3. The van der Waals surface area contributed by atoms with E-state index < -0.39 is 0 Å². The first-order valence-corrected chi connectivity index (χ1v) is 7.46. The number of rotatable bonds is 5. The van der Waals surface area contributed by atoms with E-state index in [2.05, 4.69) is 30.2 Å². The maximum Gasteiger partial charge on any atom is 0.166 e. The molecule has 0 amide bonds. The van der Waals surface area contributed by atoms with Crippen molar-refractivity contribution < 1.29 is 4.74 Å². The van der Waals surface area contributed by atoms with Crippen LogP contribution in [0.5, 0.6) is 0 Å². The molecule has 4 nitrogen and oxygen atoms in total.